The van der Waals surface area contributed by atoms with Crippen molar-refractivity contribution in [2.45, 2.75) is 6.54 Å². The highest BCUT2D eigenvalue weighted by atomic mass is 19.1. The molecule has 0 aliphatic carbocycles. The van der Waals surface area contributed by atoms with Crippen LogP contribution in [0.15, 0.2) is 36.4 Å². The lowest BCUT2D eigenvalue weighted by molar-refractivity contribution is -0.117. The SMILES string of the molecule is NC(=O)CNCc1nc(N2CCOCC2)c2nc(-c3ccc(F)cc3)ccc2n1. The predicted octanol–water partition coefficient (Wildman–Crippen LogP) is 1.24. The number of primary amides is 1. The minimum absolute atomic E-state index is 0.0516. The summed E-state index contributed by atoms with van der Waals surface area (Å²) in [7, 11) is 0. The number of fused-ring (bicyclic) bond motifs is 1. The highest BCUT2D eigenvalue weighted by Gasteiger charge is 2.19. The van der Waals surface area contributed by atoms with Crippen LogP contribution in [-0.4, -0.2) is 53.7 Å². The summed E-state index contributed by atoms with van der Waals surface area (Å²) in [4.78, 5) is 27.1. The van der Waals surface area contributed by atoms with Gasteiger partial charge in [-0.25, -0.2) is 19.3 Å². The molecule has 4 rings (SSSR count). The quantitative estimate of drug-likeness (QED) is 0.646. The molecule has 0 radical (unpaired) electrons. The number of aromatic nitrogens is 3. The van der Waals surface area contributed by atoms with E-state index in [4.69, 9.17) is 20.4 Å². The number of ether oxygens (including phenoxy) is 1. The van der Waals surface area contributed by atoms with E-state index in [1.54, 1.807) is 12.1 Å². The average molecular weight is 396 g/mol. The Morgan fingerprint density at radius 2 is 1.86 bits per heavy atom. The number of nitrogens with one attached hydrogen (secondary N) is 1. The van der Waals surface area contributed by atoms with Gasteiger partial charge >= 0.3 is 0 Å². The van der Waals surface area contributed by atoms with Crippen LogP contribution in [0.25, 0.3) is 22.3 Å². The van der Waals surface area contributed by atoms with Crippen LogP contribution in [0, 0.1) is 5.82 Å². The summed E-state index contributed by atoms with van der Waals surface area (Å²) < 4.78 is 18.7. The maximum absolute atomic E-state index is 13.3. The second kappa shape index (κ2) is 8.46. The van der Waals surface area contributed by atoms with Crippen molar-refractivity contribution >= 4 is 22.8 Å². The number of hydrogen-bond acceptors (Lipinski definition) is 7. The average Bonchev–Trinajstić information content (AvgIpc) is 2.74. The first-order chi connectivity index (χ1) is 14.1. The molecule has 2 aromatic heterocycles. The molecule has 1 amide bonds. The molecule has 3 heterocycles. The van der Waals surface area contributed by atoms with E-state index in [1.807, 2.05) is 12.1 Å². The second-order valence-corrected chi connectivity index (χ2v) is 6.70. The molecule has 0 atom stereocenters. The Morgan fingerprint density at radius 1 is 1.10 bits per heavy atom. The third-order valence-corrected chi connectivity index (χ3v) is 4.60. The molecule has 3 N–H and O–H groups in total. The van der Waals surface area contributed by atoms with Gasteiger partial charge in [-0.1, -0.05) is 0 Å². The standard InChI is InChI=1S/C20H21FN6O2/c21-14-3-1-13(2-4-14)15-5-6-16-19(25-15)20(27-7-9-29-10-8-27)26-18(24-16)12-23-11-17(22)28/h1-6,23H,7-12H2,(H2,22,28). The van der Waals surface area contributed by atoms with Gasteiger partial charge in [-0.05, 0) is 36.4 Å². The number of amides is 1. The van der Waals surface area contributed by atoms with Gasteiger partial charge in [0.1, 0.15) is 17.2 Å². The maximum atomic E-state index is 13.3. The monoisotopic (exact) mass is 396 g/mol. The lowest BCUT2D eigenvalue weighted by Crippen LogP contribution is -2.37. The van der Waals surface area contributed by atoms with E-state index < -0.39 is 5.91 Å². The van der Waals surface area contributed by atoms with E-state index in [2.05, 4.69) is 15.2 Å². The zero-order valence-electron chi connectivity index (χ0n) is 15.8. The molecule has 3 aromatic rings. The van der Waals surface area contributed by atoms with Crippen molar-refractivity contribution in [3.05, 3.63) is 48.0 Å². The molecule has 8 nitrogen and oxygen atoms in total. The number of rotatable bonds is 6. The van der Waals surface area contributed by atoms with Crippen molar-refractivity contribution < 1.29 is 13.9 Å². The molecule has 0 spiro atoms. The van der Waals surface area contributed by atoms with Crippen molar-refractivity contribution in [2.75, 3.05) is 37.7 Å². The number of hydrogen-bond donors (Lipinski definition) is 2. The predicted molar refractivity (Wildman–Crippen MR) is 107 cm³/mol. The number of anilines is 1. The van der Waals surface area contributed by atoms with Crippen LogP contribution < -0.4 is 16.0 Å². The molecule has 1 aliphatic heterocycles. The molecule has 1 aromatic carbocycles. The number of benzene rings is 1. The maximum Gasteiger partial charge on any atom is 0.231 e. The third-order valence-electron chi connectivity index (χ3n) is 4.60. The number of pyridine rings is 1. The zero-order chi connectivity index (χ0) is 20.2. The Morgan fingerprint density at radius 3 is 2.59 bits per heavy atom. The summed E-state index contributed by atoms with van der Waals surface area (Å²) in [5.74, 6) is 0.541. The fourth-order valence-electron chi connectivity index (χ4n) is 3.20. The number of nitrogens with two attached hydrogens (primary N) is 1. The number of carbonyl (C=O) groups excluding carboxylic acids is 1. The molecule has 0 saturated carbocycles. The fraction of sp³-hybridized carbons (Fsp3) is 0.300. The van der Waals surface area contributed by atoms with Crippen molar-refractivity contribution in [2.24, 2.45) is 5.73 Å². The molecule has 29 heavy (non-hydrogen) atoms. The van der Waals surface area contributed by atoms with Crippen LogP contribution in [0.3, 0.4) is 0 Å². The lowest BCUT2D eigenvalue weighted by atomic mass is 10.1. The lowest BCUT2D eigenvalue weighted by Gasteiger charge is -2.28. The van der Waals surface area contributed by atoms with Gasteiger partial charge in [-0.2, -0.15) is 0 Å². The van der Waals surface area contributed by atoms with Gasteiger partial charge in [0.25, 0.3) is 0 Å². The number of nitrogens with zero attached hydrogens (tertiary/aromatic N) is 4. The summed E-state index contributed by atoms with van der Waals surface area (Å²) in [6.45, 7) is 2.98. The van der Waals surface area contributed by atoms with E-state index in [1.165, 1.54) is 12.1 Å². The summed E-state index contributed by atoms with van der Waals surface area (Å²) in [6, 6.07) is 9.94. The molecule has 0 bridgehead atoms. The molecule has 0 unspecified atom stereocenters. The van der Waals surface area contributed by atoms with Gasteiger partial charge in [0.05, 0.1) is 37.5 Å². The van der Waals surface area contributed by atoms with Crippen molar-refractivity contribution in [3.63, 3.8) is 0 Å². The van der Waals surface area contributed by atoms with Gasteiger partial charge in [-0.15, -0.1) is 0 Å². The van der Waals surface area contributed by atoms with Crippen molar-refractivity contribution in [1.29, 1.82) is 0 Å². The Bertz CT molecular complexity index is 1020. The molecule has 1 aliphatic rings. The largest absolute Gasteiger partial charge is 0.378 e. The second-order valence-electron chi connectivity index (χ2n) is 6.70. The molecule has 9 heteroatoms. The summed E-state index contributed by atoms with van der Waals surface area (Å²) >= 11 is 0. The van der Waals surface area contributed by atoms with E-state index >= 15 is 0 Å². The summed E-state index contributed by atoms with van der Waals surface area (Å²) in [5.41, 5.74) is 8.08. The fourth-order valence-corrected chi connectivity index (χ4v) is 3.20. The number of carbonyl (C=O) groups is 1. The van der Waals surface area contributed by atoms with Crippen LogP contribution in [0.5, 0.6) is 0 Å². The third kappa shape index (κ3) is 4.47. The molecule has 1 fully saturated rings. The smallest absolute Gasteiger partial charge is 0.231 e. The first-order valence-electron chi connectivity index (χ1n) is 9.35. The van der Waals surface area contributed by atoms with Gasteiger partial charge in [0, 0.05) is 18.7 Å². The Labute approximate surface area is 166 Å². The van der Waals surface area contributed by atoms with Crippen LogP contribution in [-0.2, 0) is 16.1 Å². The summed E-state index contributed by atoms with van der Waals surface area (Å²) in [5, 5.41) is 2.94. The topological polar surface area (TPSA) is 106 Å². The van der Waals surface area contributed by atoms with E-state index in [0.29, 0.717) is 49.7 Å². The van der Waals surface area contributed by atoms with Gasteiger partial charge in [-0.3, -0.25) is 4.79 Å². The molecule has 150 valence electrons. The first kappa shape index (κ1) is 19.2. The minimum Gasteiger partial charge on any atom is -0.378 e. The number of morpholine rings is 1. The Balaban J connectivity index is 1.75. The Hall–Kier alpha value is -3.17. The van der Waals surface area contributed by atoms with Crippen LogP contribution in [0.1, 0.15) is 5.82 Å². The number of halogens is 1. The first-order valence-corrected chi connectivity index (χ1v) is 9.35. The minimum atomic E-state index is -0.440. The Kier molecular flexibility index (Phi) is 5.59. The highest BCUT2D eigenvalue weighted by molar-refractivity contribution is 5.87. The van der Waals surface area contributed by atoms with Crippen LogP contribution in [0.2, 0.25) is 0 Å². The molecule has 1 saturated heterocycles. The van der Waals surface area contributed by atoms with Crippen LogP contribution >= 0.6 is 0 Å². The summed E-state index contributed by atoms with van der Waals surface area (Å²) in [6.07, 6.45) is 0. The van der Waals surface area contributed by atoms with Gasteiger partial charge in [0.2, 0.25) is 5.91 Å². The van der Waals surface area contributed by atoms with E-state index in [9.17, 15) is 9.18 Å². The van der Waals surface area contributed by atoms with Gasteiger partial charge in [0.15, 0.2) is 5.82 Å². The zero-order valence-corrected chi connectivity index (χ0v) is 15.8. The highest BCUT2D eigenvalue weighted by Crippen LogP contribution is 2.27. The molecular formula is C20H21FN6O2. The van der Waals surface area contributed by atoms with E-state index in [-0.39, 0.29) is 12.4 Å². The van der Waals surface area contributed by atoms with Gasteiger partial charge < -0.3 is 20.7 Å². The molecular weight excluding hydrogens is 375 g/mol. The van der Waals surface area contributed by atoms with E-state index in [0.717, 1.165) is 17.1 Å². The van der Waals surface area contributed by atoms with Crippen LogP contribution in [0.4, 0.5) is 10.2 Å². The van der Waals surface area contributed by atoms with Crippen molar-refractivity contribution in [3.8, 4) is 11.3 Å². The normalized spacial score (nSPS) is 14.3. The van der Waals surface area contributed by atoms with Crippen molar-refractivity contribution in [1.82, 2.24) is 20.3 Å².